The van der Waals surface area contributed by atoms with Gasteiger partial charge in [0.2, 0.25) is 0 Å². The first-order valence-electron chi connectivity index (χ1n) is 9.62. The molecule has 3 rings (SSSR count). The van der Waals surface area contributed by atoms with Crippen molar-refractivity contribution in [3.63, 3.8) is 0 Å². The fourth-order valence-electron chi connectivity index (χ4n) is 3.36. The zero-order valence-electron chi connectivity index (χ0n) is 17.2. The van der Waals surface area contributed by atoms with Gasteiger partial charge in [0.25, 0.3) is 5.91 Å². The molecular formula is C21H27N3O5. The smallest absolute Gasteiger partial charge is 0.410 e. The average Bonchev–Trinajstić information content (AvgIpc) is 2.60. The zero-order chi connectivity index (χ0) is 21.3. The molecule has 0 aliphatic carbocycles. The molecule has 2 amide bonds. The van der Waals surface area contributed by atoms with Crippen molar-refractivity contribution in [1.29, 1.82) is 0 Å². The highest BCUT2D eigenvalue weighted by molar-refractivity contribution is 6.00. The molecule has 2 heterocycles. The molecule has 8 nitrogen and oxygen atoms in total. The molecular weight excluding hydrogens is 374 g/mol. The number of aryl methyl sites for hydroxylation is 1. The summed E-state index contributed by atoms with van der Waals surface area (Å²) in [6.07, 6.45) is 1.00. The van der Waals surface area contributed by atoms with E-state index in [2.05, 4.69) is 4.98 Å². The van der Waals surface area contributed by atoms with Gasteiger partial charge in [-0.1, -0.05) is 0 Å². The minimum Gasteiger partial charge on any atom is -0.507 e. The van der Waals surface area contributed by atoms with E-state index < -0.39 is 11.5 Å². The Kier molecular flexibility index (Phi) is 5.55. The van der Waals surface area contributed by atoms with Gasteiger partial charge in [0.05, 0.1) is 17.6 Å². The molecule has 29 heavy (non-hydrogen) atoms. The second-order valence-corrected chi connectivity index (χ2v) is 8.32. The number of benzene rings is 1. The van der Waals surface area contributed by atoms with E-state index in [-0.39, 0.29) is 23.5 Å². The highest BCUT2D eigenvalue weighted by Gasteiger charge is 2.29. The zero-order valence-corrected chi connectivity index (χ0v) is 17.2. The number of fused-ring (bicyclic) bond motifs is 1. The molecule has 1 aliphatic heterocycles. The second-order valence-electron chi connectivity index (χ2n) is 8.32. The minimum atomic E-state index is -0.726. The molecule has 0 radical (unpaired) electrons. The lowest BCUT2D eigenvalue weighted by atomic mass is 10.1. The van der Waals surface area contributed by atoms with Gasteiger partial charge in [-0.05, 0) is 52.7 Å². The van der Waals surface area contributed by atoms with Gasteiger partial charge in [-0.25, -0.2) is 4.79 Å². The fraction of sp³-hybridized carbons (Fsp3) is 0.476. The summed E-state index contributed by atoms with van der Waals surface area (Å²) in [5.74, 6) is -0.412. The third-order valence-electron chi connectivity index (χ3n) is 4.61. The van der Waals surface area contributed by atoms with E-state index in [1.54, 1.807) is 11.0 Å². The Morgan fingerprint density at radius 1 is 1.28 bits per heavy atom. The molecule has 1 aromatic carbocycles. The van der Waals surface area contributed by atoms with E-state index in [0.717, 1.165) is 12.8 Å². The van der Waals surface area contributed by atoms with Crippen LogP contribution in [0.4, 0.5) is 4.79 Å². The molecule has 1 aliphatic rings. The van der Waals surface area contributed by atoms with Crippen LogP contribution in [-0.2, 0) is 4.74 Å². The maximum absolute atomic E-state index is 12.4. The van der Waals surface area contributed by atoms with Crippen molar-refractivity contribution in [3.05, 3.63) is 29.5 Å². The lowest BCUT2D eigenvalue weighted by molar-refractivity contribution is 0.00792. The number of piperidine rings is 1. The Hall–Kier alpha value is -3.03. The van der Waals surface area contributed by atoms with Gasteiger partial charge in [0, 0.05) is 23.7 Å². The molecule has 1 fully saturated rings. The number of nitrogens with zero attached hydrogens (tertiary/aromatic N) is 2. The largest absolute Gasteiger partial charge is 0.507 e. The van der Waals surface area contributed by atoms with Crippen LogP contribution in [0.1, 0.15) is 49.7 Å². The number of carbonyl (C=O) groups is 2. The molecule has 1 aromatic heterocycles. The Morgan fingerprint density at radius 3 is 2.66 bits per heavy atom. The Morgan fingerprint density at radius 2 is 2.00 bits per heavy atom. The summed E-state index contributed by atoms with van der Waals surface area (Å²) in [5, 5.41) is 10.7. The Balaban J connectivity index is 1.85. The third-order valence-corrected chi connectivity index (χ3v) is 4.61. The number of primary amides is 1. The van der Waals surface area contributed by atoms with Crippen molar-refractivity contribution in [3.8, 4) is 11.5 Å². The summed E-state index contributed by atoms with van der Waals surface area (Å²) < 4.78 is 11.7. The molecule has 1 saturated heterocycles. The van der Waals surface area contributed by atoms with E-state index in [1.807, 2.05) is 27.7 Å². The average molecular weight is 401 g/mol. The molecule has 8 heteroatoms. The highest BCUT2D eigenvalue weighted by atomic mass is 16.6. The molecule has 0 saturated carbocycles. The van der Waals surface area contributed by atoms with Gasteiger partial charge in [-0.3, -0.25) is 9.78 Å². The van der Waals surface area contributed by atoms with Crippen LogP contribution in [0, 0.1) is 6.92 Å². The van der Waals surface area contributed by atoms with E-state index in [0.29, 0.717) is 35.4 Å². The SMILES string of the molecule is Cc1cc(OC2CCCN(C(=O)OC(C)(C)C)C2)c2cc(O)c(C(N)=O)cc2n1. The van der Waals surface area contributed by atoms with Gasteiger partial charge in [-0.2, -0.15) is 0 Å². The quantitative estimate of drug-likeness (QED) is 0.816. The number of amides is 2. The predicted octanol–water partition coefficient (Wildman–Crippen LogP) is 3.13. The first-order chi connectivity index (χ1) is 13.5. The molecule has 1 atom stereocenters. The number of carbonyl (C=O) groups excluding carboxylic acids is 2. The van der Waals surface area contributed by atoms with Gasteiger partial charge >= 0.3 is 6.09 Å². The monoisotopic (exact) mass is 401 g/mol. The minimum absolute atomic E-state index is 0.00955. The topological polar surface area (TPSA) is 115 Å². The number of likely N-dealkylation sites (tertiary alicyclic amines) is 1. The number of hydrogen-bond donors (Lipinski definition) is 2. The van der Waals surface area contributed by atoms with Crippen molar-refractivity contribution in [2.75, 3.05) is 13.1 Å². The number of pyridine rings is 1. The van der Waals surface area contributed by atoms with E-state index >= 15 is 0 Å². The maximum Gasteiger partial charge on any atom is 0.410 e. The van der Waals surface area contributed by atoms with Crippen molar-refractivity contribution >= 4 is 22.9 Å². The first kappa shape index (κ1) is 20.7. The van der Waals surface area contributed by atoms with E-state index in [1.165, 1.54) is 12.1 Å². The molecule has 1 unspecified atom stereocenters. The molecule has 0 spiro atoms. The molecule has 156 valence electrons. The van der Waals surface area contributed by atoms with Crippen LogP contribution in [0.5, 0.6) is 11.5 Å². The van der Waals surface area contributed by atoms with Gasteiger partial charge in [0.1, 0.15) is 23.2 Å². The number of ether oxygens (including phenoxy) is 2. The number of phenols is 1. The van der Waals surface area contributed by atoms with Crippen molar-refractivity contribution in [2.45, 2.75) is 52.2 Å². The Bertz CT molecular complexity index is 951. The highest BCUT2D eigenvalue weighted by Crippen LogP contribution is 2.32. The van der Waals surface area contributed by atoms with Crippen molar-refractivity contribution in [2.24, 2.45) is 5.73 Å². The number of aromatic hydroxyl groups is 1. The van der Waals surface area contributed by atoms with Gasteiger partial charge < -0.3 is 25.2 Å². The summed E-state index contributed by atoms with van der Waals surface area (Å²) >= 11 is 0. The first-order valence-corrected chi connectivity index (χ1v) is 9.62. The molecule has 0 bridgehead atoms. The van der Waals surface area contributed by atoms with Crippen LogP contribution in [0.15, 0.2) is 18.2 Å². The van der Waals surface area contributed by atoms with Crippen LogP contribution < -0.4 is 10.5 Å². The van der Waals surface area contributed by atoms with E-state index in [4.69, 9.17) is 15.2 Å². The standard InChI is InChI=1S/C21H27N3O5/c1-12-8-18(14-10-17(25)15(19(22)26)9-16(14)23-12)28-13-6-5-7-24(11-13)20(27)29-21(2,3)4/h8-10,13,25H,5-7,11H2,1-4H3,(H2,22,26). The summed E-state index contributed by atoms with van der Waals surface area (Å²) in [6, 6.07) is 4.67. The summed E-state index contributed by atoms with van der Waals surface area (Å²) in [5.41, 5.74) is 5.97. The third kappa shape index (κ3) is 4.88. The van der Waals surface area contributed by atoms with Crippen LogP contribution >= 0.6 is 0 Å². The van der Waals surface area contributed by atoms with Crippen LogP contribution in [0.3, 0.4) is 0 Å². The number of aromatic nitrogens is 1. The lowest BCUT2D eigenvalue weighted by Crippen LogP contribution is -2.46. The summed E-state index contributed by atoms with van der Waals surface area (Å²) in [7, 11) is 0. The molecule has 2 aromatic rings. The molecule has 3 N–H and O–H groups in total. The van der Waals surface area contributed by atoms with Crippen LogP contribution in [0.25, 0.3) is 10.9 Å². The van der Waals surface area contributed by atoms with E-state index in [9.17, 15) is 14.7 Å². The Labute approximate surface area is 169 Å². The van der Waals surface area contributed by atoms with Crippen molar-refractivity contribution in [1.82, 2.24) is 9.88 Å². The normalized spacial score (nSPS) is 17.2. The van der Waals surface area contributed by atoms with Crippen LogP contribution in [0.2, 0.25) is 0 Å². The second kappa shape index (κ2) is 7.77. The number of rotatable bonds is 3. The lowest BCUT2D eigenvalue weighted by Gasteiger charge is -2.34. The maximum atomic E-state index is 12.4. The predicted molar refractivity (Wildman–Crippen MR) is 108 cm³/mol. The summed E-state index contributed by atoms with van der Waals surface area (Å²) in [6.45, 7) is 8.35. The number of nitrogens with two attached hydrogens (primary N) is 1. The number of hydrogen-bond acceptors (Lipinski definition) is 6. The summed E-state index contributed by atoms with van der Waals surface area (Å²) in [4.78, 5) is 30.0. The van der Waals surface area contributed by atoms with Gasteiger partial charge in [-0.15, -0.1) is 0 Å². The van der Waals surface area contributed by atoms with Crippen molar-refractivity contribution < 1.29 is 24.2 Å². The van der Waals surface area contributed by atoms with Crippen LogP contribution in [-0.4, -0.2) is 51.8 Å². The fourth-order valence-corrected chi connectivity index (χ4v) is 3.36. The van der Waals surface area contributed by atoms with Gasteiger partial charge in [0.15, 0.2) is 0 Å².